The summed E-state index contributed by atoms with van der Waals surface area (Å²) in [4.78, 5) is 0. The second-order valence-electron chi connectivity index (χ2n) is 2.81. The van der Waals surface area contributed by atoms with Crippen LogP contribution in [0, 0.1) is 5.92 Å². The molecule has 0 aromatic heterocycles. The van der Waals surface area contributed by atoms with E-state index >= 15 is 0 Å². The smallest absolute Gasteiger partial charge is 0.0465 e. The molecular weight excluding hydrogens is 124 g/mol. The summed E-state index contributed by atoms with van der Waals surface area (Å²) in [6, 6.07) is 0. The lowest BCUT2D eigenvalue weighted by Crippen LogP contribution is -1.86. The van der Waals surface area contributed by atoms with Crippen LogP contribution in [0.3, 0.4) is 0 Å². The van der Waals surface area contributed by atoms with Crippen LogP contribution in [0.2, 0.25) is 0 Å². The van der Waals surface area contributed by atoms with Crippen molar-refractivity contribution in [2.75, 3.05) is 13.7 Å². The fraction of sp³-hybridized carbons (Fsp3) is 0.778. The summed E-state index contributed by atoms with van der Waals surface area (Å²) in [6.07, 6.45) is 6.74. The van der Waals surface area contributed by atoms with E-state index in [4.69, 9.17) is 4.74 Å². The predicted molar refractivity (Wildman–Crippen MR) is 45.1 cm³/mol. The van der Waals surface area contributed by atoms with Crippen molar-refractivity contribution in [3.05, 3.63) is 12.2 Å². The number of unbranched alkanes of at least 4 members (excludes halogenated alkanes) is 1. The zero-order valence-corrected chi connectivity index (χ0v) is 7.26. The molecule has 0 N–H and O–H groups in total. The zero-order chi connectivity index (χ0) is 7.82. The van der Waals surface area contributed by atoms with Crippen molar-refractivity contribution < 1.29 is 4.74 Å². The average molecular weight is 142 g/mol. The number of methoxy groups -OCH3 is 1. The molecule has 0 aliphatic rings. The first-order valence-corrected chi connectivity index (χ1v) is 3.93. The van der Waals surface area contributed by atoms with Gasteiger partial charge >= 0.3 is 0 Å². The Hall–Kier alpha value is -0.300. The monoisotopic (exact) mass is 142 g/mol. The van der Waals surface area contributed by atoms with E-state index in [2.05, 4.69) is 26.0 Å². The molecule has 10 heavy (non-hydrogen) atoms. The summed E-state index contributed by atoms with van der Waals surface area (Å²) in [6.45, 7) is 5.25. The number of allylic oxidation sites excluding steroid dienone is 2. The van der Waals surface area contributed by atoms with E-state index in [1.807, 2.05) is 0 Å². The minimum Gasteiger partial charge on any atom is -0.385 e. The van der Waals surface area contributed by atoms with Crippen molar-refractivity contribution in [3.63, 3.8) is 0 Å². The Morgan fingerprint density at radius 3 is 2.60 bits per heavy atom. The zero-order valence-electron chi connectivity index (χ0n) is 7.26. The van der Waals surface area contributed by atoms with Gasteiger partial charge in [0.2, 0.25) is 0 Å². The standard InChI is InChI=1S/C9H18O/c1-9(2)7-5-4-6-8-10-3/h5,7,9H,4,6,8H2,1-3H3/b7-5+. The van der Waals surface area contributed by atoms with Gasteiger partial charge in [-0.25, -0.2) is 0 Å². The molecule has 0 unspecified atom stereocenters. The van der Waals surface area contributed by atoms with Crippen LogP contribution in [0.15, 0.2) is 12.2 Å². The van der Waals surface area contributed by atoms with Crippen molar-refractivity contribution in [2.24, 2.45) is 5.92 Å². The molecule has 0 aliphatic heterocycles. The van der Waals surface area contributed by atoms with Crippen LogP contribution in [0.1, 0.15) is 26.7 Å². The maximum absolute atomic E-state index is 4.91. The van der Waals surface area contributed by atoms with Crippen LogP contribution >= 0.6 is 0 Å². The Morgan fingerprint density at radius 2 is 2.10 bits per heavy atom. The molecule has 0 spiro atoms. The van der Waals surface area contributed by atoms with Gasteiger partial charge in [-0.3, -0.25) is 0 Å². The first-order chi connectivity index (χ1) is 4.77. The van der Waals surface area contributed by atoms with Gasteiger partial charge < -0.3 is 4.74 Å². The molecule has 60 valence electrons. The Labute approximate surface area is 64.1 Å². The van der Waals surface area contributed by atoms with Crippen molar-refractivity contribution >= 4 is 0 Å². The van der Waals surface area contributed by atoms with Crippen LogP contribution in [0.5, 0.6) is 0 Å². The predicted octanol–water partition coefficient (Wildman–Crippen LogP) is 2.63. The van der Waals surface area contributed by atoms with E-state index < -0.39 is 0 Å². The van der Waals surface area contributed by atoms with E-state index in [1.54, 1.807) is 7.11 Å². The summed E-state index contributed by atoms with van der Waals surface area (Å²) in [7, 11) is 1.74. The van der Waals surface area contributed by atoms with Crippen molar-refractivity contribution in [1.29, 1.82) is 0 Å². The Morgan fingerprint density at radius 1 is 1.40 bits per heavy atom. The Balaban J connectivity index is 3.02. The lowest BCUT2D eigenvalue weighted by molar-refractivity contribution is 0.196. The number of hydrogen-bond acceptors (Lipinski definition) is 1. The van der Waals surface area contributed by atoms with E-state index in [1.165, 1.54) is 0 Å². The van der Waals surface area contributed by atoms with Gasteiger partial charge in [0.25, 0.3) is 0 Å². The minimum absolute atomic E-state index is 0.683. The summed E-state index contributed by atoms with van der Waals surface area (Å²) in [5.41, 5.74) is 0. The molecule has 0 aromatic carbocycles. The SMILES string of the molecule is COCCC/C=C/C(C)C. The first kappa shape index (κ1) is 9.70. The molecule has 0 rings (SSSR count). The molecular formula is C9H18O. The van der Waals surface area contributed by atoms with Gasteiger partial charge in [-0.15, -0.1) is 0 Å². The molecule has 0 saturated carbocycles. The van der Waals surface area contributed by atoms with Gasteiger partial charge in [0.15, 0.2) is 0 Å². The van der Waals surface area contributed by atoms with E-state index in [-0.39, 0.29) is 0 Å². The molecule has 1 heteroatoms. The second kappa shape index (κ2) is 6.81. The van der Waals surface area contributed by atoms with Crippen molar-refractivity contribution in [2.45, 2.75) is 26.7 Å². The van der Waals surface area contributed by atoms with Gasteiger partial charge in [0.1, 0.15) is 0 Å². The Bertz CT molecular complexity index is 84.7. The topological polar surface area (TPSA) is 9.23 Å². The second-order valence-corrected chi connectivity index (χ2v) is 2.81. The third kappa shape index (κ3) is 7.70. The molecule has 0 heterocycles. The Kier molecular flexibility index (Phi) is 6.61. The van der Waals surface area contributed by atoms with E-state index in [0.717, 1.165) is 19.4 Å². The first-order valence-electron chi connectivity index (χ1n) is 3.93. The quantitative estimate of drug-likeness (QED) is 0.423. The fourth-order valence-electron chi connectivity index (χ4n) is 0.714. The molecule has 0 fully saturated rings. The maximum Gasteiger partial charge on any atom is 0.0465 e. The summed E-state index contributed by atoms with van der Waals surface area (Å²) in [5, 5.41) is 0. The highest BCUT2D eigenvalue weighted by molar-refractivity contribution is 4.83. The number of rotatable bonds is 5. The third-order valence-corrected chi connectivity index (χ3v) is 1.24. The summed E-state index contributed by atoms with van der Waals surface area (Å²) < 4.78 is 4.91. The summed E-state index contributed by atoms with van der Waals surface area (Å²) >= 11 is 0. The van der Waals surface area contributed by atoms with E-state index in [0.29, 0.717) is 5.92 Å². The summed E-state index contributed by atoms with van der Waals surface area (Å²) in [5.74, 6) is 0.683. The number of hydrogen-bond donors (Lipinski definition) is 0. The van der Waals surface area contributed by atoms with Crippen LogP contribution in [-0.2, 0) is 4.74 Å². The third-order valence-electron chi connectivity index (χ3n) is 1.24. The lowest BCUT2D eigenvalue weighted by atomic mass is 10.2. The molecule has 0 atom stereocenters. The van der Waals surface area contributed by atoms with Crippen molar-refractivity contribution in [1.82, 2.24) is 0 Å². The molecule has 0 radical (unpaired) electrons. The fourth-order valence-corrected chi connectivity index (χ4v) is 0.714. The van der Waals surface area contributed by atoms with Gasteiger partial charge in [-0.05, 0) is 18.8 Å². The molecule has 0 amide bonds. The largest absolute Gasteiger partial charge is 0.385 e. The molecule has 1 nitrogen and oxygen atoms in total. The normalized spacial score (nSPS) is 11.6. The van der Waals surface area contributed by atoms with Gasteiger partial charge in [-0.1, -0.05) is 26.0 Å². The lowest BCUT2D eigenvalue weighted by Gasteiger charge is -1.95. The van der Waals surface area contributed by atoms with Gasteiger partial charge in [0.05, 0.1) is 0 Å². The van der Waals surface area contributed by atoms with Crippen LogP contribution in [0.4, 0.5) is 0 Å². The minimum atomic E-state index is 0.683. The maximum atomic E-state index is 4.91. The van der Waals surface area contributed by atoms with Crippen LogP contribution in [-0.4, -0.2) is 13.7 Å². The van der Waals surface area contributed by atoms with Gasteiger partial charge in [0, 0.05) is 13.7 Å². The molecule has 0 aromatic rings. The van der Waals surface area contributed by atoms with Crippen LogP contribution in [0.25, 0.3) is 0 Å². The van der Waals surface area contributed by atoms with E-state index in [9.17, 15) is 0 Å². The van der Waals surface area contributed by atoms with Crippen LogP contribution < -0.4 is 0 Å². The highest BCUT2D eigenvalue weighted by Crippen LogP contribution is 1.97. The highest BCUT2D eigenvalue weighted by atomic mass is 16.5. The number of ether oxygens (including phenoxy) is 1. The average Bonchev–Trinajstić information content (AvgIpc) is 1.87. The molecule has 0 bridgehead atoms. The highest BCUT2D eigenvalue weighted by Gasteiger charge is 1.83. The molecule has 0 saturated heterocycles. The van der Waals surface area contributed by atoms with Gasteiger partial charge in [-0.2, -0.15) is 0 Å². The molecule has 0 aliphatic carbocycles. The van der Waals surface area contributed by atoms with Crippen molar-refractivity contribution in [3.8, 4) is 0 Å².